The second-order valence-electron chi connectivity index (χ2n) is 5.61. The SMILES string of the molecule is NCc1ccc2nc(-c3cccc(C(=O)NCCC(=O)O)c3)cn2c1. The van der Waals surface area contributed by atoms with Gasteiger partial charge in [-0.15, -0.1) is 0 Å². The van der Waals surface area contributed by atoms with Crippen molar-refractivity contribution in [2.45, 2.75) is 13.0 Å². The predicted molar refractivity (Wildman–Crippen MR) is 93.1 cm³/mol. The molecule has 1 aromatic carbocycles. The van der Waals surface area contributed by atoms with Crippen LogP contribution in [0.1, 0.15) is 22.3 Å². The zero-order chi connectivity index (χ0) is 17.8. The number of aromatic nitrogens is 2. The summed E-state index contributed by atoms with van der Waals surface area (Å²) in [6.07, 6.45) is 3.70. The van der Waals surface area contributed by atoms with Gasteiger partial charge in [0.25, 0.3) is 5.91 Å². The van der Waals surface area contributed by atoms with E-state index in [2.05, 4.69) is 10.3 Å². The van der Waals surface area contributed by atoms with E-state index >= 15 is 0 Å². The minimum atomic E-state index is -0.949. The number of nitrogens with one attached hydrogen (secondary N) is 1. The van der Waals surface area contributed by atoms with E-state index in [1.165, 1.54) is 0 Å². The summed E-state index contributed by atoms with van der Waals surface area (Å²) in [6.45, 7) is 0.546. The van der Waals surface area contributed by atoms with Crippen molar-refractivity contribution in [1.82, 2.24) is 14.7 Å². The maximum Gasteiger partial charge on any atom is 0.305 e. The fourth-order valence-corrected chi connectivity index (χ4v) is 2.50. The number of hydrogen-bond acceptors (Lipinski definition) is 4. The molecule has 3 rings (SSSR count). The minimum absolute atomic E-state index is 0.0919. The number of benzene rings is 1. The number of nitrogens with zero attached hydrogens (tertiary/aromatic N) is 2. The van der Waals surface area contributed by atoms with Gasteiger partial charge in [-0.2, -0.15) is 0 Å². The van der Waals surface area contributed by atoms with Gasteiger partial charge >= 0.3 is 5.97 Å². The quantitative estimate of drug-likeness (QED) is 0.633. The van der Waals surface area contributed by atoms with E-state index in [1.54, 1.807) is 18.2 Å². The number of nitrogens with two attached hydrogens (primary N) is 1. The van der Waals surface area contributed by atoms with Gasteiger partial charge in [0.2, 0.25) is 0 Å². The lowest BCUT2D eigenvalue weighted by molar-refractivity contribution is -0.136. The molecule has 3 aromatic rings. The van der Waals surface area contributed by atoms with Gasteiger partial charge < -0.3 is 20.6 Å². The maximum atomic E-state index is 12.1. The molecular formula is C18H18N4O3. The molecule has 0 aliphatic carbocycles. The highest BCUT2D eigenvalue weighted by atomic mass is 16.4. The van der Waals surface area contributed by atoms with Crippen molar-refractivity contribution in [1.29, 1.82) is 0 Å². The van der Waals surface area contributed by atoms with Crippen LogP contribution in [0.2, 0.25) is 0 Å². The van der Waals surface area contributed by atoms with Crippen LogP contribution in [0, 0.1) is 0 Å². The van der Waals surface area contributed by atoms with Crippen LogP contribution in [0.25, 0.3) is 16.9 Å². The number of pyridine rings is 1. The molecule has 0 aliphatic heterocycles. The Hall–Kier alpha value is -3.19. The van der Waals surface area contributed by atoms with E-state index in [0.29, 0.717) is 12.1 Å². The van der Waals surface area contributed by atoms with Gasteiger partial charge in [-0.1, -0.05) is 18.2 Å². The van der Waals surface area contributed by atoms with E-state index < -0.39 is 5.97 Å². The van der Waals surface area contributed by atoms with Crippen molar-refractivity contribution >= 4 is 17.5 Å². The van der Waals surface area contributed by atoms with Gasteiger partial charge in [-0.3, -0.25) is 9.59 Å². The highest BCUT2D eigenvalue weighted by Gasteiger charge is 2.10. The largest absolute Gasteiger partial charge is 0.481 e. The van der Waals surface area contributed by atoms with Crippen molar-refractivity contribution in [3.63, 3.8) is 0 Å². The van der Waals surface area contributed by atoms with Gasteiger partial charge in [0.15, 0.2) is 0 Å². The summed E-state index contributed by atoms with van der Waals surface area (Å²) in [6, 6.07) is 10.9. The lowest BCUT2D eigenvalue weighted by atomic mass is 10.1. The Morgan fingerprint density at radius 1 is 1.20 bits per heavy atom. The van der Waals surface area contributed by atoms with Crippen LogP contribution in [-0.4, -0.2) is 32.9 Å². The molecule has 4 N–H and O–H groups in total. The average molecular weight is 338 g/mol. The molecule has 2 heterocycles. The van der Waals surface area contributed by atoms with Crippen LogP contribution in [0.5, 0.6) is 0 Å². The highest BCUT2D eigenvalue weighted by Crippen LogP contribution is 2.21. The molecule has 0 spiro atoms. The van der Waals surface area contributed by atoms with Crippen molar-refractivity contribution in [2.75, 3.05) is 6.54 Å². The third-order valence-corrected chi connectivity index (χ3v) is 3.79. The van der Waals surface area contributed by atoms with Crippen LogP contribution >= 0.6 is 0 Å². The summed E-state index contributed by atoms with van der Waals surface area (Å²) in [5.74, 6) is -1.26. The molecule has 0 radical (unpaired) electrons. The number of hydrogen-bond donors (Lipinski definition) is 3. The third kappa shape index (κ3) is 3.84. The zero-order valence-corrected chi connectivity index (χ0v) is 13.5. The van der Waals surface area contributed by atoms with E-state index in [9.17, 15) is 9.59 Å². The monoisotopic (exact) mass is 338 g/mol. The first-order chi connectivity index (χ1) is 12.1. The first-order valence-corrected chi connectivity index (χ1v) is 7.85. The average Bonchev–Trinajstić information content (AvgIpc) is 3.04. The minimum Gasteiger partial charge on any atom is -0.481 e. The molecule has 0 saturated carbocycles. The lowest BCUT2D eigenvalue weighted by Gasteiger charge is -2.05. The van der Waals surface area contributed by atoms with Crippen molar-refractivity contribution < 1.29 is 14.7 Å². The van der Waals surface area contributed by atoms with E-state index in [0.717, 1.165) is 22.5 Å². The Morgan fingerprint density at radius 2 is 2.04 bits per heavy atom. The van der Waals surface area contributed by atoms with Gasteiger partial charge in [0.05, 0.1) is 12.1 Å². The number of rotatable bonds is 6. The molecule has 0 bridgehead atoms. The van der Waals surface area contributed by atoms with E-state index in [-0.39, 0.29) is 18.9 Å². The second-order valence-corrected chi connectivity index (χ2v) is 5.61. The molecular weight excluding hydrogens is 320 g/mol. The molecule has 0 saturated heterocycles. The number of amides is 1. The van der Waals surface area contributed by atoms with E-state index in [4.69, 9.17) is 10.8 Å². The first-order valence-electron chi connectivity index (χ1n) is 7.85. The van der Waals surface area contributed by atoms with Gasteiger partial charge in [0.1, 0.15) is 5.65 Å². The molecule has 7 heteroatoms. The third-order valence-electron chi connectivity index (χ3n) is 3.79. The molecule has 1 amide bonds. The molecule has 0 aliphatic rings. The Morgan fingerprint density at radius 3 is 2.80 bits per heavy atom. The number of carboxylic acid groups (broad SMARTS) is 1. The van der Waals surface area contributed by atoms with Crippen LogP contribution in [0.15, 0.2) is 48.8 Å². The highest BCUT2D eigenvalue weighted by molar-refractivity contribution is 5.95. The summed E-state index contributed by atoms with van der Waals surface area (Å²) >= 11 is 0. The van der Waals surface area contributed by atoms with Crippen LogP contribution in [-0.2, 0) is 11.3 Å². The number of aliphatic carboxylic acids is 1. The Balaban J connectivity index is 1.83. The summed E-state index contributed by atoms with van der Waals surface area (Å²) in [5, 5.41) is 11.2. The summed E-state index contributed by atoms with van der Waals surface area (Å²) in [5.41, 5.74) is 9.47. The summed E-state index contributed by atoms with van der Waals surface area (Å²) < 4.78 is 1.90. The zero-order valence-electron chi connectivity index (χ0n) is 13.5. The van der Waals surface area contributed by atoms with Crippen LogP contribution in [0.4, 0.5) is 0 Å². The number of carboxylic acids is 1. The summed E-state index contributed by atoms with van der Waals surface area (Å²) in [4.78, 5) is 27.2. The van der Waals surface area contributed by atoms with Gasteiger partial charge in [-0.05, 0) is 23.8 Å². The molecule has 0 unspecified atom stereocenters. The van der Waals surface area contributed by atoms with Crippen molar-refractivity contribution in [3.8, 4) is 11.3 Å². The fourth-order valence-electron chi connectivity index (χ4n) is 2.50. The van der Waals surface area contributed by atoms with E-state index in [1.807, 2.05) is 35.0 Å². The second kappa shape index (κ2) is 7.14. The fraction of sp³-hybridized carbons (Fsp3) is 0.167. The van der Waals surface area contributed by atoms with Gasteiger partial charge in [0, 0.05) is 36.6 Å². The Bertz CT molecular complexity index is 933. The maximum absolute atomic E-state index is 12.1. The smallest absolute Gasteiger partial charge is 0.305 e. The molecule has 7 nitrogen and oxygen atoms in total. The number of imidazole rings is 1. The van der Waals surface area contributed by atoms with Crippen molar-refractivity contribution in [3.05, 3.63) is 59.9 Å². The Kier molecular flexibility index (Phi) is 4.76. The van der Waals surface area contributed by atoms with Gasteiger partial charge in [-0.25, -0.2) is 4.98 Å². The Labute approximate surface area is 144 Å². The number of carbonyl (C=O) groups excluding carboxylic acids is 1. The molecule has 0 fully saturated rings. The lowest BCUT2D eigenvalue weighted by Crippen LogP contribution is -2.25. The molecule has 0 atom stereocenters. The first kappa shape index (κ1) is 16.7. The van der Waals surface area contributed by atoms with Crippen molar-refractivity contribution in [2.24, 2.45) is 5.73 Å². The van der Waals surface area contributed by atoms with Crippen LogP contribution in [0.3, 0.4) is 0 Å². The summed E-state index contributed by atoms with van der Waals surface area (Å²) in [7, 11) is 0. The number of carbonyl (C=O) groups is 2. The normalized spacial score (nSPS) is 10.8. The molecule has 25 heavy (non-hydrogen) atoms. The standard InChI is InChI=1S/C18H18N4O3/c19-9-12-4-5-16-21-15(11-22(16)10-12)13-2-1-3-14(8-13)18(25)20-7-6-17(23)24/h1-5,8,10-11H,6-7,9,19H2,(H,20,25)(H,23,24). The predicted octanol–water partition coefficient (Wildman–Crippen LogP) is 1.66. The van der Waals surface area contributed by atoms with Crippen LogP contribution < -0.4 is 11.1 Å². The molecule has 2 aromatic heterocycles. The topological polar surface area (TPSA) is 110 Å². The molecule has 128 valence electrons. The number of fused-ring (bicyclic) bond motifs is 1.